The van der Waals surface area contributed by atoms with Gasteiger partial charge in [0.1, 0.15) is 5.75 Å². The fraction of sp³-hybridized carbons (Fsp3) is 0.174. The van der Waals surface area contributed by atoms with E-state index < -0.39 is 0 Å². The predicted octanol–water partition coefficient (Wildman–Crippen LogP) is 5.35. The summed E-state index contributed by atoms with van der Waals surface area (Å²) in [4.78, 5) is 12.6. The van der Waals surface area contributed by atoms with Gasteiger partial charge in [-0.15, -0.1) is 0 Å². The van der Waals surface area contributed by atoms with E-state index in [9.17, 15) is 4.79 Å². The van der Waals surface area contributed by atoms with Gasteiger partial charge in [0.25, 0.3) is 5.91 Å². The third-order valence-corrected chi connectivity index (χ3v) is 4.80. The van der Waals surface area contributed by atoms with Crippen LogP contribution in [-0.2, 0) is 4.79 Å². The van der Waals surface area contributed by atoms with Crippen molar-refractivity contribution in [2.75, 3.05) is 6.61 Å². The van der Waals surface area contributed by atoms with Crippen molar-refractivity contribution in [3.05, 3.63) is 99.5 Å². The number of halogens is 1. The summed E-state index contributed by atoms with van der Waals surface area (Å²) in [7, 11) is 0. The highest BCUT2D eigenvalue weighted by molar-refractivity contribution is 9.10. The topological polar surface area (TPSA) is 38.3 Å². The van der Waals surface area contributed by atoms with Crippen LogP contribution in [-0.4, -0.2) is 12.5 Å². The van der Waals surface area contributed by atoms with Crippen LogP contribution in [0.3, 0.4) is 0 Å². The molecular weight excluding hydrogens is 402 g/mol. The summed E-state index contributed by atoms with van der Waals surface area (Å²) in [6.45, 7) is 3.92. The minimum absolute atomic E-state index is 0.0283. The first-order valence-electron chi connectivity index (χ1n) is 8.83. The van der Waals surface area contributed by atoms with Gasteiger partial charge in [-0.2, -0.15) is 0 Å². The lowest BCUT2D eigenvalue weighted by Crippen LogP contribution is -2.33. The Balaban J connectivity index is 1.74. The zero-order valence-electron chi connectivity index (χ0n) is 15.4. The molecule has 3 aromatic carbocycles. The Kier molecular flexibility index (Phi) is 6.30. The van der Waals surface area contributed by atoms with Crippen LogP contribution in [0.4, 0.5) is 0 Å². The first-order valence-corrected chi connectivity index (χ1v) is 9.62. The van der Waals surface area contributed by atoms with Gasteiger partial charge < -0.3 is 10.1 Å². The average molecular weight is 424 g/mol. The quantitative estimate of drug-likeness (QED) is 0.579. The van der Waals surface area contributed by atoms with Crippen LogP contribution in [0, 0.1) is 13.8 Å². The van der Waals surface area contributed by atoms with E-state index in [0.29, 0.717) is 0 Å². The summed E-state index contributed by atoms with van der Waals surface area (Å²) in [6.07, 6.45) is 0. The maximum Gasteiger partial charge on any atom is 0.258 e. The number of aryl methyl sites for hydroxylation is 2. The average Bonchev–Trinajstić information content (AvgIpc) is 2.66. The van der Waals surface area contributed by atoms with E-state index in [0.717, 1.165) is 32.5 Å². The largest absolute Gasteiger partial charge is 0.483 e. The van der Waals surface area contributed by atoms with Gasteiger partial charge >= 0.3 is 0 Å². The summed E-state index contributed by atoms with van der Waals surface area (Å²) in [6, 6.07) is 23.7. The Morgan fingerprint density at radius 1 is 0.926 bits per heavy atom. The van der Waals surface area contributed by atoms with Crippen LogP contribution in [0.15, 0.2) is 77.3 Å². The highest BCUT2D eigenvalue weighted by Crippen LogP contribution is 2.27. The van der Waals surface area contributed by atoms with Crippen molar-refractivity contribution < 1.29 is 9.53 Å². The van der Waals surface area contributed by atoms with Gasteiger partial charge in [0.15, 0.2) is 6.61 Å². The molecule has 27 heavy (non-hydrogen) atoms. The van der Waals surface area contributed by atoms with Crippen LogP contribution in [0.25, 0.3) is 0 Å². The van der Waals surface area contributed by atoms with E-state index in [4.69, 9.17) is 4.74 Å². The number of amides is 1. The van der Waals surface area contributed by atoms with Crippen LogP contribution >= 0.6 is 15.9 Å². The second-order valence-electron chi connectivity index (χ2n) is 6.48. The van der Waals surface area contributed by atoms with Gasteiger partial charge in [-0.1, -0.05) is 76.6 Å². The molecule has 0 atom stereocenters. The molecule has 0 unspecified atom stereocenters. The molecule has 0 bridgehead atoms. The molecule has 0 radical (unpaired) electrons. The van der Waals surface area contributed by atoms with Crippen molar-refractivity contribution >= 4 is 21.8 Å². The van der Waals surface area contributed by atoms with E-state index in [1.54, 1.807) is 0 Å². The van der Waals surface area contributed by atoms with Gasteiger partial charge in [-0.25, -0.2) is 0 Å². The van der Waals surface area contributed by atoms with Crippen molar-refractivity contribution in [2.24, 2.45) is 0 Å². The van der Waals surface area contributed by atoms with Gasteiger partial charge in [-0.3, -0.25) is 4.79 Å². The molecule has 0 aliphatic heterocycles. The Hall–Kier alpha value is -2.59. The van der Waals surface area contributed by atoms with Gasteiger partial charge in [0.05, 0.1) is 6.04 Å². The minimum atomic E-state index is -0.212. The Morgan fingerprint density at radius 2 is 1.41 bits per heavy atom. The summed E-state index contributed by atoms with van der Waals surface area (Å²) >= 11 is 3.48. The van der Waals surface area contributed by atoms with Crippen molar-refractivity contribution in [1.29, 1.82) is 0 Å². The highest BCUT2D eigenvalue weighted by atomic mass is 79.9. The number of rotatable bonds is 6. The molecule has 138 valence electrons. The summed E-state index contributed by atoms with van der Waals surface area (Å²) in [5, 5.41) is 3.10. The van der Waals surface area contributed by atoms with Gasteiger partial charge in [-0.05, 0) is 48.2 Å². The smallest absolute Gasteiger partial charge is 0.258 e. The molecule has 1 N–H and O–H groups in total. The highest BCUT2D eigenvalue weighted by Gasteiger charge is 2.17. The number of benzene rings is 3. The summed E-state index contributed by atoms with van der Waals surface area (Å²) < 4.78 is 6.83. The lowest BCUT2D eigenvalue weighted by Gasteiger charge is -2.20. The maximum atomic E-state index is 12.6. The van der Waals surface area contributed by atoms with E-state index in [1.807, 2.05) is 86.6 Å². The van der Waals surface area contributed by atoms with E-state index in [-0.39, 0.29) is 18.6 Å². The second kappa shape index (κ2) is 8.87. The molecule has 3 rings (SSSR count). The van der Waals surface area contributed by atoms with Crippen molar-refractivity contribution in [3.8, 4) is 5.75 Å². The minimum Gasteiger partial charge on any atom is -0.483 e. The molecule has 0 heterocycles. The van der Waals surface area contributed by atoms with Gasteiger partial charge in [0.2, 0.25) is 0 Å². The van der Waals surface area contributed by atoms with Crippen molar-refractivity contribution in [2.45, 2.75) is 19.9 Å². The third-order valence-electron chi connectivity index (χ3n) is 4.34. The standard InChI is InChI=1S/C23H22BrNO2/c1-16-13-20(24)14-17(2)23(16)27-15-21(26)25-22(18-9-5-3-6-10-18)19-11-7-4-8-12-19/h3-14,22H,15H2,1-2H3,(H,25,26). The van der Waals surface area contributed by atoms with Crippen LogP contribution in [0.5, 0.6) is 5.75 Å². The Bertz CT molecular complexity index is 848. The fourth-order valence-electron chi connectivity index (χ4n) is 3.12. The SMILES string of the molecule is Cc1cc(Br)cc(C)c1OCC(=O)NC(c1ccccc1)c1ccccc1. The molecule has 3 aromatic rings. The first-order chi connectivity index (χ1) is 13.0. The van der Waals surface area contributed by atoms with E-state index in [2.05, 4.69) is 21.2 Å². The van der Waals surface area contributed by atoms with Crippen LogP contribution < -0.4 is 10.1 Å². The fourth-order valence-corrected chi connectivity index (χ4v) is 3.80. The summed E-state index contributed by atoms with van der Waals surface area (Å²) in [5.74, 6) is 0.596. The van der Waals surface area contributed by atoms with Gasteiger partial charge in [0, 0.05) is 4.47 Å². The molecule has 0 aliphatic carbocycles. The number of hydrogen-bond donors (Lipinski definition) is 1. The molecule has 0 aromatic heterocycles. The molecular formula is C23H22BrNO2. The molecule has 0 spiro atoms. The zero-order valence-corrected chi connectivity index (χ0v) is 17.0. The lowest BCUT2D eigenvalue weighted by atomic mass is 9.99. The predicted molar refractivity (Wildman–Crippen MR) is 112 cm³/mol. The first kappa shape index (κ1) is 19.2. The molecule has 0 saturated carbocycles. The monoisotopic (exact) mass is 423 g/mol. The number of ether oxygens (including phenoxy) is 1. The Labute approximate surface area is 168 Å². The third kappa shape index (κ3) is 4.98. The number of nitrogens with one attached hydrogen (secondary N) is 1. The molecule has 1 amide bonds. The normalized spacial score (nSPS) is 10.7. The van der Waals surface area contributed by atoms with Crippen molar-refractivity contribution in [1.82, 2.24) is 5.32 Å². The van der Waals surface area contributed by atoms with Crippen LogP contribution in [0.2, 0.25) is 0 Å². The van der Waals surface area contributed by atoms with E-state index in [1.165, 1.54) is 0 Å². The lowest BCUT2D eigenvalue weighted by molar-refractivity contribution is -0.123. The molecule has 0 saturated heterocycles. The number of hydrogen-bond acceptors (Lipinski definition) is 2. The molecule has 4 heteroatoms. The second-order valence-corrected chi connectivity index (χ2v) is 7.39. The van der Waals surface area contributed by atoms with Crippen LogP contribution in [0.1, 0.15) is 28.3 Å². The Morgan fingerprint density at radius 3 is 1.89 bits per heavy atom. The number of carbonyl (C=O) groups excluding carboxylic acids is 1. The molecule has 0 aliphatic rings. The van der Waals surface area contributed by atoms with E-state index >= 15 is 0 Å². The molecule has 3 nitrogen and oxygen atoms in total. The molecule has 0 fully saturated rings. The summed E-state index contributed by atoms with van der Waals surface area (Å²) in [5.41, 5.74) is 4.07. The zero-order chi connectivity index (χ0) is 19.2. The van der Waals surface area contributed by atoms with Crippen molar-refractivity contribution in [3.63, 3.8) is 0 Å². The number of carbonyl (C=O) groups is 1. The maximum absolute atomic E-state index is 12.6.